The van der Waals surface area contributed by atoms with Gasteiger partial charge in [-0.1, -0.05) is 53.5 Å². The van der Waals surface area contributed by atoms with Gasteiger partial charge in [0.15, 0.2) is 0 Å². The maximum atomic E-state index is 16.9. The first-order valence-corrected chi connectivity index (χ1v) is 11.9. The molecule has 3 N–H and O–H groups in total. The first-order valence-electron chi connectivity index (χ1n) is 11.1. The van der Waals surface area contributed by atoms with E-state index in [2.05, 4.69) is 4.98 Å². The second-order valence-electron chi connectivity index (χ2n) is 8.68. The van der Waals surface area contributed by atoms with Gasteiger partial charge in [-0.15, -0.1) is 0 Å². The van der Waals surface area contributed by atoms with Gasteiger partial charge in [0, 0.05) is 39.2 Å². The molecule has 178 valence electrons. The van der Waals surface area contributed by atoms with Crippen molar-refractivity contribution in [1.82, 2.24) is 4.98 Å². The molecule has 1 atom stereocenters. The SMILES string of the molecule is NC(=O)c1ccc(C2CC2)c(Cl)c1CC(F)(OC(=O)c1cccc2cc[nH]c12)c1ccc(Cl)cc1. The number of primary amides is 1. The van der Waals surface area contributed by atoms with E-state index < -0.39 is 24.2 Å². The van der Waals surface area contributed by atoms with Crippen LogP contribution in [0.2, 0.25) is 10.0 Å². The fourth-order valence-corrected chi connectivity index (χ4v) is 4.84. The Morgan fingerprint density at radius 3 is 2.46 bits per heavy atom. The molecule has 35 heavy (non-hydrogen) atoms. The normalized spacial score (nSPS) is 15.1. The number of para-hydroxylation sites is 1. The number of amides is 1. The number of nitrogens with one attached hydrogen (secondary N) is 1. The van der Waals surface area contributed by atoms with Crippen LogP contribution in [0.4, 0.5) is 4.39 Å². The summed E-state index contributed by atoms with van der Waals surface area (Å²) in [7, 11) is 0. The third-order valence-corrected chi connectivity index (χ3v) is 7.00. The number of nitrogens with two attached hydrogens (primary N) is 1. The van der Waals surface area contributed by atoms with Crippen LogP contribution in [0.3, 0.4) is 0 Å². The summed E-state index contributed by atoms with van der Waals surface area (Å²) in [6.45, 7) is 0. The molecule has 1 unspecified atom stereocenters. The highest BCUT2D eigenvalue weighted by atomic mass is 35.5. The minimum atomic E-state index is -2.66. The van der Waals surface area contributed by atoms with Crippen molar-refractivity contribution in [3.63, 3.8) is 0 Å². The molecule has 0 aliphatic heterocycles. The maximum absolute atomic E-state index is 16.9. The summed E-state index contributed by atoms with van der Waals surface area (Å²) in [5, 5.41) is 1.44. The summed E-state index contributed by atoms with van der Waals surface area (Å²) in [5.74, 6) is -4.02. The zero-order chi connectivity index (χ0) is 24.7. The molecule has 4 aromatic rings. The third-order valence-electron chi connectivity index (χ3n) is 6.30. The van der Waals surface area contributed by atoms with Crippen LogP contribution in [0, 0.1) is 0 Å². The van der Waals surface area contributed by atoms with Crippen molar-refractivity contribution in [2.24, 2.45) is 5.73 Å². The second kappa shape index (κ2) is 9.02. The average Bonchev–Trinajstić information content (AvgIpc) is 3.55. The Morgan fingerprint density at radius 2 is 1.77 bits per heavy atom. The number of esters is 1. The third kappa shape index (κ3) is 4.51. The van der Waals surface area contributed by atoms with Crippen LogP contribution >= 0.6 is 23.2 Å². The number of hydrogen-bond acceptors (Lipinski definition) is 3. The number of carbonyl (C=O) groups is 2. The van der Waals surface area contributed by atoms with Gasteiger partial charge < -0.3 is 15.5 Å². The Balaban J connectivity index is 1.60. The number of fused-ring (bicyclic) bond motifs is 1. The minimum absolute atomic E-state index is 0.0530. The van der Waals surface area contributed by atoms with Crippen molar-refractivity contribution in [3.05, 3.63) is 105 Å². The molecular weight excluding hydrogens is 490 g/mol. The highest BCUT2D eigenvalue weighted by Crippen LogP contribution is 2.46. The van der Waals surface area contributed by atoms with Gasteiger partial charge in [-0.05, 0) is 60.2 Å². The number of halogens is 3. The highest BCUT2D eigenvalue weighted by molar-refractivity contribution is 6.33. The van der Waals surface area contributed by atoms with Crippen LogP contribution in [-0.2, 0) is 17.0 Å². The van der Waals surface area contributed by atoms with E-state index >= 15 is 4.39 Å². The number of H-pyrrole nitrogens is 1. The lowest BCUT2D eigenvalue weighted by Gasteiger charge is -2.28. The molecule has 3 aromatic carbocycles. The molecule has 1 fully saturated rings. The van der Waals surface area contributed by atoms with Gasteiger partial charge in [-0.25, -0.2) is 4.79 Å². The first-order chi connectivity index (χ1) is 16.8. The molecule has 0 bridgehead atoms. The van der Waals surface area contributed by atoms with Gasteiger partial charge in [-0.3, -0.25) is 4.79 Å². The van der Waals surface area contributed by atoms with Crippen LogP contribution in [0.1, 0.15) is 56.2 Å². The monoisotopic (exact) mass is 510 g/mol. The van der Waals surface area contributed by atoms with Gasteiger partial charge >= 0.3 is 5.97 Å². The van der Waals surface area contributed by atoms with E-state index in [1.54, 1.807) is 36.5 Å². The summed E-state index contributed by atoms with van der Waals surface area (Å²) in [5.41, 5.74) is 7.47. The molecule has 1 aliphatic carbocycles. The lowest BCUT2D eigenvalue weighted by atomic mass is 9.92. The smallest absolute Gasteiger partial charge is 0.343 e. The van der Waals surface area contributed by atoms with Crippen molar-refractivity contribution in [2.45, 2.75) is 31.0 Å². The Kier molecular flexibility index (Phi) is 6.03. The lowest BCUT2D eigenvalue weighted by Crippen LogP contribution is -2.32. The van der Waals surface area contributed by atoms with Gasteiger partial charge in [0.25, 0.3) is 5.85 Å². The summed E-state index contributed by atoms with van der Waals surface area (Å²) in [6, 6.07) is 16.1. The fraction of sp³-hybridized carbons (Fsp3) is 0.185. The van der Waals surface area contributed by atoms with E-state index in [0.29, 0.717) is 10.5 Å². The number of alkyl halides is 1. The molecule has 8 heteroatoms. The Morgan fingerprint density at radius 1 is 1.03 bits per heavy atom. The van der Waals surface area contributed by atoms with E-state index in [4.69, 9.17) is 33.7 Å². The molecule has 0 spiro atoms. The highest BCUT2D eigenvalue weighted by Gasteiger charge is 2.40. The summed E-state index contributed by atoms with van der Waals surface area (Å²) in [4.78, 5) is 28.5. The van der Waals surface area contributed by atoms with Crippen LogP contribution in [-0.4, -0.2) is 16.9 Å². The van der Waals surface area contributed by atoms with Gasteiger partial charge in [0.05, 0.1) is 11.1 Å². The summed E-state index contributed by atoms with van der Waals surface area (Å²) < 4.78 is 22.4. The summed E-state index contributed by atoms with van der Waals surface area (Å²) in [6.07, 6.45) is 3.11. The average molecular weight is 511 g/mol. The van der Waals surface area contributed by atoms with Crippen LogP contribution in [0.25, 0.3) is 10.9 Å². The van der Waals surface area contributed by atoms with Crippen molar-refractivity contribution in [1.29, 1.82) is 0 Å². The molecular formula is C27H21Cl2FN2O3. The predicted molar refractivity (Wildman–Crippen MR) is 134 cm³/mol. The van der Waals surface area contributed by atoms with Gasteiger partial charge in [0.1, 0.15) is 0 Å². The topological polar surface area (TPSA) is 85.2 Å². The molecule has 1 aromatic heterocycles. The van der Waals surface area contributed by atoms with Crippen LogP contribution in [0.15, 0.2) is 66.9 Å². The molecule has 0 saturated heterocycles. The number of ether oxygens (including phenoxy) is 1. The van der Waals surface area contributed by atoms with E-state index in [-0.39, 0.29) is 33.2 Å². The number of carbonyl (C=O) groups excluding carboxylic acids is 2. The molecule has 5 nitrogen and oxygen atoms in total. The van der Waals surface area contributed by atoms with Crippen molar-refractivity contribution in [2.75, 3.05) is 0 Å². The quantitative estimate of drug-likeness (QED) is 0.272. The zero-order valence-electron chi connectivity index (χ0n) is 18.5. The molecule has 1 aliphatic rings. The molecule has 1 heterocycles. The largest absolute Gasteiger partial charge is 0.420 e. The Hall–Kier alpha value is -3.35. The number of aromatic amines is 1. The summed E-state index contributed by atoms with van der Waals surface area (Å²) >= 11 is 12.7. The van der Waals surface area contributed by atoms with E-state index in [1.165, 1.54) is 24.3 Å². The maximum Gasteiger partial charge on any atom is 0.343 e. The molecule has 5 rings (SSSR count). The van der Waals surface area contributed by atoms with Crippen molar-refractivity contribution >= 4 is 46.0 Å². The number of hydrogen-bond donors (Lipinski definition) is 2. The molecule has 1 amide bonds. The van der Waals surface area contributed by atoms with Crippen molar-refractivity contribution in [3.8, 4) is 0 Å². The standard InChI is InChI=1S/C27H21Cl2FN2O3/c28-18-8-6-17(7-9-18)27(30,35-26(34)21-3-1-2-16-12-13-32-24(16)21)14-22-20(25(31)33)11-10-19(23(22)29)15-4-5-15/h1-3,6-13,15,32H,4-5,14H2,(H2,31,33). The molecule has 0 radical (unpaired) electrons. The number of aromatic nitrogens is 1. The Bertz CT molecular complexity index is 1450. The van der Waals surface area contributed by atoms with E-state index in [1.807, 2.05) is 6.07 Å². The van der Waals surface area contributed by atoms with Crippen molar-refractivity contribution < 1.29 is 18.7 Å². The van der Waals surface area contributed by atoms with Gasteiger partial charge in [-0.2, -0.15) is 4.39 Å². The second-order valence-corrected chi connectivity index (χ2v) is 9.50. The predicted octanol–water partition coefficient (Wildman–Crippen LogP) is 6.67. The fourth-order valence-electron chi connectivity index (χ4n) is 4.33. The lowest BCUT2D eigenvalue weighted by molar-refractivity contribution is -0.110. The molecule has 1 saturated carbocycles. The van der Waals surface area contributed by atoms with Crippen LogP contribution < -0.4 is 5.73 Å². The Labute approximate surface area is 211 Å². The number of benzene rings is 3. The minimum Gasteiger partial charge on any atom is -0.420 e. The van der Waals surface area contributed by atoms with Gasteiger partial charge in [0.2, 0.25) is 5.91 Å². The van der Waals surface area contributed by atoms with Crippen LogP contribution in [0.5, 0.6) is 0 Å². The van der Waals surface area contributed by atoms with E-state index in [9.17, 15) is 9.59 Å². The first kappa shape index (κ1) is 23.4. The number of rotatable bonds is 7. The van der Waals surface area contributed by atoms with E-state index in [0.717, 1.165) is 23.8 Å². The zero-order valence-corrected chi connectivity index (χ0v) is 20.0.